The molecule has 1 N–H and O–H groups in total. The summed E-state index contributed by atoms with van der Waals surface area (Å²) in [5.41, 5.74) is 2.45. The number of carbonyl (C=O) groups is 1. The Morgan fingerprint density at radius 2 is 2.06 bits per heavy atom. The monoisotopic (exact) mass is 232 g/mol. The van der Waals surface area contributed by atoms with Crippen LogP contribution in [0.1, 0.15) is 34.1 Å². The van der Waals surface area contributed by atoms with E-state index in [0.29, 0.717) is 12.3 Å². The summed E-state index contributed by atoms with van der Waals surface area (Å²) < 4.78 is 0. The first-order valence-electron chi connectivity index (χ1n) is 6.19. The number of allylic oxidation sites excluding steroid dienone is 4. The molecular weight excluding hydrogens is 212 g/mol. The standard InChI is InChI=1S/C15H20O2/c1-9(2)11-8-14(17)15(4)12(11)6-5-10(3)7-13(15)16/h5-6,8-9,13,16H,7H2,1-4H3/t13-,15+/m1/s1. The first-order chi connectivity index (χ1) is 7.87. The zero-order chi connectivity index (χ0) is 12.8. The third-order valence-corrected chi connectivity index (χ3v) is 4.01. The molecule has 2 nitrogen and oxygen atoms in total. The number of carbonyl (C=O) groups excluding carboxylic acids is 1. The Balaban J connectivity index is 2.55. The predicted octanol–water partition coefficient (Wildman–Crippen LogP) is 2.80. The van der Waals surface area contributed by atoms with Crippen LogP contribution in [0.4, 0.5) is 0 Å². The van der Waals surface area contributed by atoms with Crippen molar-refractivity contribution in [2.45, 2.75) is 40.2 Å². The molecule has 2 aliphatic carbocycles. The lowest BCUT2D eigenvalue weighted by Crippen LogP contribution is -2.38. The molecule has 0 heterocycles. The van der Waals surface area contributed by atoms with Gasteiger partial charge in [-0.25, -0.2) is 0 Å². The van der Waals surface area contributed by atoms with Gasteiger partial charge in [0.05, 0.1) is 11.5 Å². The Hall–Kier alpha value is -1.15. The van der Waals surface area contributed by atoms with Crippen molar-refractivity contribution in [1.82, 2.24) is 0 Å². The summed E-state index contributed by atoms with van der Waals surface area (Å²) in [5.74, 6) is 0.356. The molecule has 2 atom stereocenters. The molecule has 0 saturated carbocycles. The van der Waals surface area contributed by atoms with Gasteiger partial charge in [0.1, 0.15) is 0 Å². The van der Waals surface area contributed by atoms with E-state index in [1.165, 1.54) is 0 Å². The van der Waals surface area contributed by atoms with Crippen LogP contribution >= 0.6 is 0 Å². The van der Waals surface area contributed by atoms with E-state index in [1.54, 1.807) is 6.08 Å². The van der Waals surface area contributed by atoms with Crippen molar-refractivity contribution >= 4 is 5.78 Å². The number of aliphatic hydroxyl groups is 1. The van der Waals surface area contributed by atoms with E-state index in [9.17, 15) is 9.90 Å². The first-order valence-corrected chi connectivity index (χ1v) is 6.19. The molecule has 0 fully saturated rings. The second kappa shape index (κ2) is 3.95. The van der Waals surface area contributed by atoms with E-state index in [2.05, 4.69) is 13.8 Å². The molecule has 0 aromatic carbocycles. The van der Waals surface area contributed by atoms with Crippen LogP contribution in [-0.2, 0) is 4.79 Å². The minimum atomic E-state index is -0.742. The average molecular weight is 232 g/mol. The van der Waals surface area contributed by atoms with Gasteiger partial charge in [-0.05, 0) is 43.4 Å². The van der Waals surface area contributed by atoms with Crippen molar-refractivity contribution < 1.29 is 9.90 Å². The van der Waals surface area contributed by atoms with Crippen LogP contribution < -0.4 is 0 Å². The maximum absolute atomic E-state index is 12.2. The van der Waals surface area contributed by atoms with Crippen LogP contribution in [0.25, 0.3) is 0 Å². The van der Waals surface area contributed by atoms with E-state index in [4.69, 9.17) is 0 Å². The van der Waals surface area contributed by atoms with Crippen LogP contribution in [0.15, 0.2) is 34.9 Å². The molecule has 0 radical (unpaired) electrons. The smallest absolute Gasteiger partial charge is 0.168 e. The summed E-state index contributed by atoms with van der Waals surface area (Å²) in [6.07, 6.45) is 5.71. The molecule has 0 aliphatic heterocycles. The molecule has 0 spiro atoms. The third-order valence-electron chi connectivity index (χ3n) is 4.01. The van der Waals surface area contributed by atoms with Crippen LogP contribution in [-0.4, -0.2) is 17.0 Å². The lowest BCUT2D eigenvalue weighted by molar-refractivity contribution is -0.125. The molecule has 17 heavy (non-hydrogen) atoms. The zero-order valence-corrected chi connectivity index (χ0v) is 10.9. The molecule has 2 heteroatoms. The van der Waals surface area contributed by atoms with E-state index < -0.39 is 11.5 Å². The van der Waals surface area contributed by atoms with Gasteiger partial charge in [-0.15, -0.1) is 0 Å². The van der Waals surface area contributed by atoms with E-state index in [0.717, 1.165) is 16.7 Å². The second-order valence-electron chi connectivity index (χ2n) is 5.63. The molecule has 92 valence electrons. The topological polar surface area (TPSA) is 37.3 Å². The Morgan fingerprint density at radius 1 is 1.41 bits per heavy atom. The maximum Gasteiger partial charge on any atom is 0.168 e. The molecular formula is C15H20O2. The highest BCUT2D eigenvalue weighted by Crippen LogP contribution is 2.47. The van der Waals surface area contributed by atoms with Crippen molar-refractivity contribution in [3.8, 4) is 0 Å². The third kappa shape index (κ3) is 1.71. The highest BCUT2D eigenvalue weighted by atomic mass is 16.3. The van der Waals surface area contributed by atoms with Crippen molar-refractivity contribution in [1.29, 1.82) is 0 Å². The Kier molecular flexibility index (Phi) is 2.86. The molecule has 0 aromatic heterocycles. The lowest BCUT2D eigenvalue weighted by Gasteiger charge is -2.31. The van der Waals surface area contributed by atoms with Crippen LogP contribution in [0, 0.1) is 11.3 Å². The average Bonchev–Trinajstić information content (AvgIpc) is 2.43. The fourth-order valence-corrected chi connectivity index (χ4v) is 2.69. The van der Waals surface area contributed by atoms with Crippen LogP contribution in [0.2, 0.25) is 0 Å². The molecule has 2 aliphatic rings. The van der Waals surface area contributed by atoms with Gasteiger partial charge >= 0.3 is 0 Å². The van der Waals surface area contributed by atoms with E-state index in [-0.39, 0.29) is 5.78 Å². The Morgan fingerprint density at radius 3 is 2.65 bits per heavy atom. The lowest BCUT2D eigenvalue weighted by atomic mass is 9.74. The van der Waals surface area contributed by atoms with Crippen molar-refractivity contribution in [2.75, 3.05) is 0 Å². The number of fused-ring (bicyclic) bond motifs is 1. The summed E-state index contributed by atoms with van der Waals surface area (Å²) >= 11 is 0. The quantitative estimate of drug-likeness (QED) is 0.754. The van der Waals surface area contributed by atoms with Gasteiger partial charge < -0.3 is 5.11 Å². The summed E-state index contributed by atoms with van der Waals surface area (Å²) in [6.45, 7) is 8.02. The van der Waals surface area contributed by atoms with E-state index in [1.807, 2.05) is 26.0 Å². The minimum Gasteiger partial charge on any atom is -0.391 e. The highest BCUT2D eigenvalue weighted by molar-refractivity contribution is 6.03. The molecule has 0 amide bonds. The number of rotatable bonds is 1. The normalized spacial score (nSPS) is 32.9. The van der Waals surface area contributed by atoms with Crippen LogP contribution in [0.5, 0.6) is 0 Å². The number of hydrogen-bond acceptors (Lipinski definition) is 2. The van der Waals surface area contributed by atoms with E-state index >= 15 is 0 Å². The molecule has 0 saturated heterocycles. The fraction of sp³-hybridized carbons (Fsp3) is 0.533. The summed E-state index contributed by atoms with van der Waals surface area (Å²) in [5, 5.41) is 10.3. The van der Waals surface area contributed by atoms with Crippen molar-refractivity contribution in [3.05, 3.63) is 34.9 Å². The fourth-order valence-electron chi connectivity index (χ4n) is 2.69. The van der Waals surface area contributed by atoms with Gasteiger partial charge in [0.2, 0.25) is 0 Å². The molecule has 0 aromatic rings. The molecule has 0 bridgehead atoms. The molecule has 0 unspecified atom stereocenters. The highest BCUT2D eigenvalue weighted by Gasteiger charge is 2.48. The Bertz CT molecular complexity index is 452. The van der Waals surface area contributed by atoms with Gasteiger partial charge in [-0.2, -0.15) is 0 Å². The SMILES string of the molecule is CC1=CC=C2C(C(C)C)=CC(=O)[C@]2(C)[C@H](O)C1. The molecule has 2 rings (SSSR count). The van der Waals surface area contributed by atoms with Gasteiger partial charge in [0.25, 0.3) is 0 Å². The maximum atomic E-state index is 12.2. The zero-order valence-electron chi connectivity index (χ0n) is 10.9. The van der Waals surface area contributed by atoms with Crippen molar-refractivity contribution in [3.63, 3.8) is 0 Å². The van der Waals surface area contributed by atoms with Crippen LogP contribution in [0.3, 0.4) is 0 Å². The van der Waals surface area contributed by atoms with Gasteiger partial charge in [0, 0.05) is 0 Å². The first kappa shape index (κ1) is 12.3. The van der Waals surface area contributed by atoms with Gasteiger partial charge in [-0.1, -0.05) is 31.6 Å². The number of aliphatic hydroxyl groups excluding tert-OH is 1. The number of ketones is 1. The summed E-state index contributed by atoms with van der Waals surface area (Å²) in [6, 6.07) is 0. The predicted molar refractivity (Wildman–Crippen MR) is 68.5 cm³/mol. The van der Waals surface area contributed by atoms with Crippen molar-refractivity contribution in [2.24, 2.45) is 11.3 Å². The largest absolute Gasteiger partial charge is 0.391 e. The number of hydrogen-bond donors (Lipinski definition) is 1. The van der Waals surface area contributed by atoms with Gasteiger partial charge in [0.15, 0.2) is 5.78 Å². The summed E-state index contributed by atoms with van der Waals surface area (Å²) in [7, 11) is 0. The van der Waals surface area contributed by atoms with Gasteiger partial charge in [-0.3, -0.25) is 4.79 Å². The minimum absolute atomic E-state index is 0.0445. The second-order valence-corrected chi connectivity index (χ2v) is 5.63. The Labute approximate surface area is 103 Å². The summed E-state index contributed by atoms with van der Waals surface area (Å²) in [4.78, 5) is 12.2.